The molecular weight excluding hydrogens is 408 g/mol. The van der Waals surface area contributed by atoms with E-state index in [1.165, 1.54) is 22.9 Å². The maximum Gasteiger partial charge on any atom is 0.188 e. The lowest BCUT2D eigenvalue weighted by atomic mass is 9.71. The molecule has 1 aliphatic carbocycles. The van der Waals surface area contributed by atoms with E-state index in [2.05, 4.69) is 46.0 Å². The maximum absolute atomic E-state index is 6.42. The van der Waals surface area contributed by atoms with E-state index in [4.69, 9.17) is 21.3 Å². The van der Waals surface area contributed by atoms with Gasteiger partial charge in [0.1, 0.15) is 5.15 Å². The number of aromatic nitrogens is 2. The van der Waals surface area contributed by atoms with Crippen LogP contribution in [0.2, 0.25) is 5.15 Å². The molecule has 24 heavy (non-hydrogen) atoms. The minimum atomic E-state index is -0.300. The van der Waals surface area contributed by atoms with Crippen molar-refractivity contribution in [2.24, 2.45) is 0 Å². The Bertz CT molecular complexity index is 816. The molecule has 0 bridgehead atoms. The van der Waals surface area contributed by atoms with Gasteiger partial charge in [-0.15, -0.1) is 0 Å². The molecule has 0 amide bonds. The molecular formula is C18H18BrClN2OS. The van der Waals surface area contributed by atoms with Gasteiger partial charge in [-0.3, -0.25) is 0 Å². The molecule has 4 rings (SSSR count). The predicted molar refractivity (Wildman–Crippen MR) is 101 cm³/mol. The lowest BCUT2D eigenvalue weighted by Gasteiger charge is -2.44. The minimum absolute atomic E-state index is 0.300. The zero-order chi connectivity index (χ0) is 16.9. The van der Waals surface area contributed by atoms with Crippen LogP contribution in [-0.4, -0.2) is 16.2 Å². The van der Waals surface area contributed by atoms with Gasteiger partial charge in [0.2, 0.25) is 0 Å². The molecule has 6 heteroatoms. The van der Waals surface area contributed by atoms with E-state index in [1.54, 1.807) is 0 Å². The van der Waals surface area contributed by atoms with Crippen LogP contribution >= 0.6 is 39.3 Å². The minimum Gasteiger partial charge on any atom is -0.365 e. The zero-order valence-corrected chi connectivity index (χ0v) is 16.8. The summed E-state index contributed by atoms with van der Waals surface area (Å²) >= 11 is 11.5. The third-order valence-electron chi connectivity index (χ3n) is 5.17. The van der Waals surface area contributed by atoms with Crippen LogP contribution in [0, 0.1) is 0 Å². The molecule has 3 nitrogen and oxygen atoms in total. The van der Waals surface area contributed by atoms with E-state index in [9.17, 15) is 0 Å². The smallest absolute Gasteiger partial charge is 0.188 e. The Morgan fingerprint density at radius 3 is 3.00 bits per heavy atom. The van der Waals surface area contributed by atoms with Gasteiger partial charge >= 0.3 is 0 Å². The van der Waals surface area contributed by atoms with Crippen molar-refractivity contribution in [3.05, 3.63) is 50.2 Å². The van der Waals surface area contributed by atoms with E-state index in [-0.39, 0.29) is 5.60 Å². The molecule has 126 valence electrons. The Balaban J connectivity index is 1.83. The zero-order valence-electron chi connectivity index (χ0n) is 13.6. The van der Waals surface area contributed by atoms with Crippen molar-refractivity contribution in [2.45, 2.75) is 49.5 Å². The second kappa shape index (κ2) is 6.27. The Hall–Kier alpha value is -0.620. The third-order valence-corrected chi connectivity index (χ3v) is 6.52. The van der Waals surface area contributed by atoms with Gasteiger partial charge in [0.15, 0.2) is 5.16 Å². The molecule has 1 aliphatic heterocycles. The molecule has 2 atom stereocenters. The Morgan fingerprint density at radius 1 is 1.38 bits per heavy atom. The SMILES string of the molecule is CSc1nc(Cl)c2c(n1)C[C@@]1(CC[C@H](C)c3ccc(Br)cc31)OC2. The number of hydrogen-bond acceptors (Lipinski definition) is 4. The van der Waals surface area contributed by atoms with Crippen LogP contribution in [0.1, 0.15) is 48.1 Å². The lowest BCUT2D eigenvalue weighted by Crippen LogP contribution is -2.40. The fourth-order valence-electron chi connectivity index (χ4n) is 3.82. The molecule has 2 aliphatic rings. The fraction of sp³-hybridized carbons (Fsp3) is 0.444. The Labute approximate surface area is 159 Å². The molecule has 1 spiro atoms. The molecule has 0 radical (unpaired) electrons. The highest BCUT2D eigenvalue weighted by Crippen LogP contribution is 2.49. The van der Waals surface area contributed by atoms with Crippen LogP contribution in [0.3, 0.4) is 0 Å². The van der Waals surface area contributed by atoms with E-state index < -0.39 is 0 Å². The van der Waals surface area contributed by atoms with Gasteiger partial charge in [-0.1, -0.05) is 52.3 Å². The number of hydrogen-bond donors (Lipinski definition) is 0. The number of halogens is 2. The normalized spacial score (nSPS) is 25.4. The average molecular weight is 426 g/mol. The van der Waals surface area contributed by atoms with Crippen LogP contribution in [0.4, 0.5) is 0 Å². The second-order valence-corrected chi connectivity index (χ2v) is 8.60. The molecule has 0 saturated heterocycles. The average Bonchev–Trinajstić information content (AvgIpc) is 2.58. The van der Waals surface area contributed by atoms with Crippen molar-refractivity contribution in [1.29, 1.82) is 0 Å². The van der Waals surface area contributed by atoms with Crippen molar-refractivity contribution < 1.29 is 4.74 Å². The molecule has 0 unspecified atom stereocenters. The number of thioether (sulfide) groups is 1. The first-order valence-electron chi connectivity index (χ1n) is 8.05. The highest BCUT2D eigenvalue weighted by Gasteiger charge is 2.43. The van der Waals surface area contributed by atoms with Gasteiger partial charge in [0.25, 0.3) is 0 Å². The quantitative estimate of drug-likeness (QED) is 0.344. The molecule has 1 aromatic carbocycles. The number of rotatable bonds is 1. The van der Waals surface area contributed by atoms with Crippen molar-refractivity contribution in [1.82, 2.24) is 9.97 Å². The summed E-state index contributed by atoms with van der Waals surface area (Å²) in [5.74, 6) is 0.555. The van der Waals surface area contributed by atoms with E-state index in [1.807, 2.05) is 6.26 Å². The summed E-state index contributed by atoms with van der Waals surface area (Å²) in [5.41, 5.74) is 4.35. The molecule has 0 fully saturated rings. The Morgan fingerprint density at radius 2 is 2.21 bits per heavy atom. The first-order chi connectivity index (χ1) is 11.5. The maximum atomic E-state index is 6.42. The number of ether oxygens (including phenoxy) is 1. The van der Waals surface area contributed by atoms with Crippen LogP contribution in [0.5, 0.6) is 0 Å². The third kappa shape index (κ3) is 2.70. The van der Waals surface area contributed by atoms with Crippen molar-refractivity contribution >= 4 is 39.3 Å². The highest BCUT2D eigenvalue weighted by atomic mass is 79.9. The van der Waals surface area contributed by atoms with Crippen LogP contribution in [0.15, 0.2) is 27.8 Å². The topological polar surface area (TPSA) is 35.0 Å². The van der Waals surface area contributed by atoms with Gasteiger partial charge in [-0.2, -0.15) is 0 Å². The van der Waals surface area contributed by atoms with Gasteiger partial charge < -0.3 is 4.74 Å². The van der Waals surface area contributed by atoms with Crippen molar-refractivity contribution in [3.8, 4) is 0 Å². The van der Waals surface area contributed by atoms with Crippen molar-refractivity contribution in [2.75, 3.05) is 6.26 Å². The molecule has 2 heterocycles. The second-order valence-electron chi connectivity index (χ2n) is 6.56. The molecule has 1 aromatic heterocycles. The summed E-state index contributed by atoms with van der Waals surface area (Å²) in [6, 6.07) is 6.56. The summed E-state index contributed by atoms with van der Waals surface area (Å²) in [4.78, 5) is 9.07. The van der Waals surface area contributed by atoms with Gasteiger partial charge in [0, 0.05) is 16.5 Å². The van der Waals surface area contributed by atoms with Crippen LogP contribution in [0.25, 0.3) is 0 Å². The highest BCUT2D eigenvalue weighted by molar-refractivity contribution is 9.10. The summed E-state index contributed by atoms with van der Waals surface area (Å²) in [6.45, 7) is 2.77. The van der Waals surface area contributed by atoms with E-state index in [0.29, 0.717) is 17.7 Å². The van der Waals surface area contributed by atoms with Crippen molar-refractivity contribution in [3.63, 3.8) is 0 Å². The molecule has 0 saturated carbocycles. The Kier molecular flexibility index (Phi) is 4.40. The summed E-state index contributed by atoms with van der Waals surface area (Å²) in [6.07, 6.45) is 4.86. The lowest BCUT2D eigenvalue weighted by molar-refractivity contribution is -0.0874. The van der Waals surface area contributed by atoms with E-state index >= 15 is 0 Å². The number of benzene rings is 1. The van der Waals surface area contributed by atoms with E-state index in [0.717, 1.165) is 40.1 Å². The van der Waals surface area contributed by atoms with Crippen LogP contribution in [-0.2, 0) is 23.4 Å². The first kappa shape index (κ1) is 16.8. The van der Waals surface area contributed by atoms with Gasteiger partial charge in [-0.25, -0.2) is 9.97 Å². The number of nitrogens with zero attached hydrogens (tertiary/aromatic N) is 2. The monoisotopic (exact) mass is 424 g/mol. The van der Waals surface area contributed by atoms with Gasteiger partial charge in [-0.05, 0) is 48.3 Å². The fourth-order valence-corrected chi connectivity index (χ4v) is 4.86. The van der Waals surface area contributed by atoms with Gasteiger partial charge in [0.05, 0.1) is 17.9 Å². The standard InChI is InChI=1S/C18H18BrClN2OS/c1-10-5-6-18(14-7-11(19)3-4-12(10)14)8-15-13(9-23-18)16(20)22-17(21-15)24-2/h3-4,7,10H,5-6,8-9H2,1-2H3/t10-,18+/m0/s1. The molecule has 0 N–H and O–H groups in total. The predicted octanol–water partition coefficient (Wildman–Crippen LogP) is 5.48. The first-order valence-corrected chi connectivity index (χ1v) is 10.4. The largest absolute Gasteiger partial charge is 0.365 e. The van der Waals surface area contributed by atoms with Crippen LogP contribution < -0.4 is 0 Å². The summed E-state index contributed by atoms with van der Waals surface area (Å²) in [5, 5.41) is 1.26. The summed E-state index contributed by atoms with van der Waals surface area (Å²) in [7, 11) is 0. The summed E-state index contributed by atoms with van der Waals surface area (Å²) < 4.78 is 7.52. The molecule has 2 aromatic rings. The number of fused-ring (bicyclic) bond motifs is 3.